The molecule has 2 aromatic heterocycles. The normalized spacial score (nSPS) is 10.5. The molecule has 0 unspecified atom stereocenters. The van der Waals surface area contributed by atoms with Gasteiger partial charge in [-0.3, -0.25) is 14.9 Å². The molecule has 0 saturated heterocycles. The fraction of sp³-hybridized carbons (Fsp3) is 0.118. The average molecular weight is 342 g/mol. The van der Waals surface area contributed by atoms with Crippen LogP contribution < -0.4 is 5.32 Å². The monoisotopic (exact) mass is 342 g/mol. The second-order valence-electron chi connectivity index (χ2n) is 5.13. The molecule has 0 saturated carbocycles. The number of hydrogen-bond acceptors (Lipinski definition) is 5. The Morgan fingerprint density at radius 3 is 2.79 bits per heavy atom. The number of thiophene rings is 1. The summed E-state index contributed by atoms with van der Waals surface area (Å²) < 4.78 is 5.69. The first-order chi connectivity index (χ1) is 11.6. The standard InChI is InChI=1S/C17H14N2O4S/c1-11-13(4-2-5-14(11)19(21)22)17(20)18-10-12-7-8-15(23-12)16-6-3-9-24-16/h2-9H,10H2,1H3,(H,18,20). The van der Waals surface area contributed by atoms with Gasteiger partial charge in [0.05, 0.1) is 16.3 Å². The van der Waals surface area contributed by atoms with Crippen molar-refractivity contribution in [1.82, 2.24) is 5.32 Å². The molecular formula is C17H14N2O4S. The van der Waals surface area contributed by atoms with Crippen LogP contribution in [0.4, 0.5) is 5.69 Å². The van der Waals surface area contributed by atoms with Gasteiger partial charge in [-0.1, -0.05) is 12.1 Å². The molecule has 24 heavy (non-hydrogen) atoms. The van der Waals surface area contributed by atoms with Gasteiger partial charge in [-0.25, -0.2) is 0 Å². The molecular weight excluding hydrogens is 328 g/mol. The molecule has 2 heterocycles. The summed E-state index contributed by atoms with van der Waals surface area (Å²) in [4.78, 5) is 23.7. The Balaban J connectivity index is 1.70. The molecule has 3 rings (SSSR count). The van der Waals surface area contributed by atoms with Gasteiger partial charge in [0.1, 0.15) is 11.5 Å². The lowest BCUT2D eigenvalue weighted by Gasteiger charge is -2.06. The van der Waals surface area contributed by atoms with Crippen LogP contribution in [0.25, 0.3) is 10.6 Å². The van der Waals surface area contributed by atoms with Gasteiger partial charge < -0.3 is 9.73 Å². The van der Waals surface area contributed by atoms with E-state index in [0.717, 1.165) is 10.6 Å². The van der Waals surface area contributed by atoms with Crippen molar-refractivity contribution in [2.75, 3.05) is 0 Å². The minimum atomic E-state index is -0.494. The number of nitrogens with one attached hydrogen (secondary N) is 1. The Kier molecular flexibility index (Phi) is 4.43. The van der Waals surface area contributed by atoms with E-state index in [9.17, 15) is 14.9 Å². The van der Waals surface area contributed by atoms with Gasteiger partial charge in [0.2, 0.25) is 0 Å². The summed E-state index contributed by atoms with van der Waals surface area (Å²) in [6.45, 7) is 1.78. The summed E-state index contributed by atoms with van der Waals surface area (Å²) in [6, 6.07) is 12.0. The van der Waals surface area contributed by atoms with Gasteiger partial charge in [0.15, 0.2) is 0 Å². The van der Waals surface area contributed by atoms with Crippen molar-refractivity contribution >= 4 is 22.9 Å². The van der Waals surface area contributed by atoms with Gasteiger partial charge in [-0.15, -0.1) is 11.3 Å². The van der Waals surface area contributed by atoms with Crippen LogP contribution in [-0.2, 0) is 6.54 Å². The highest BCUT2D eigenvalue weighted by Gasteiger charge is 2.18. The molecule has 0 aliphatic carbocycles. The third kappa shape index (κ3) is 3.21. The number of furan rings is 1. The van der Waals surface area contributed by atoms with E-state index in [1.165, 1.54) is 12.1 Å². The number of carbonyl (C=O) groups is 1. The molecule has 6 nitrogen and oxygen atoms in total. The number of nitro benzene ring substituents is 1. The molecule has 0 aliphatic rings. The zero-order valence-corrected chi connectivity index (χ0v) is 13.6. The SMILES string of the molecule is Cc1c(C(=O)NCc2ccc(-c3cccs3)o2)cccc1[N+](=O)[O-]. The summed E-state index contributed by atoms with van der Waals surface area (Å²) in [7, 11) is 0. The van der Waals surface area contributed by atoms with Crippen molar-refractivity contribution in [2.24, 2.45) is 0 Å². The number of carbonyl (C=O) groups excluding carboxylic acids is 1. The van der Waals surface area contributed by atoms with E-state index >= 15 is 0 Å². The van der Waals surface area contributed by atoms with Gasteiger partial charge in [0.25, 0.3) is 11.6 Å². The number of benzene rings is 1. The zero-order valence-electron chi connectivity index (χ0n) is 12.8. The number of rotatable bonds is 5. The highest BCUT2D eigenvalue weighted by molar-refractivity contribution is 7.13. The predicted octanol–water partition coefficient (Wildman–Crippen LogP) is 4.15. The zero-order chi connectivity index (χ0) is 17.1. The lowest BCUT2D eigenvalue weighted by Crippen LogP contribution is -2.23. The fourth-order valence-electron chi connectivity index (χ4n) is 2.35. The largest absolute Gasteiger partial charge is 0.458 e. The van der Waals surface area contributed by atoms with Crippen molar-refractivity contribution in [2.45, 2.75) is 13.5 Å². The van der Waals surface area contributed by atoms with Crippen LogP contribution in [0.1, 0.15) is 21.7 Å². The maximum absolute atomic E-state index is 12.3. The van der Waals surface area contributed by atoms with Crippen LogP contribution in [-0.4, -0.2) is 10.8 Å². The Labute approximate surface area is 141 Å². The van der Waals surface area contributed by atoms with E-state index < -0.39 is 4.92 Å². The number of hydrogen-bond donors (Lipinski definition) is 1. The quantitative estimate of drug-likeness (QED) is 0.557. The molecule has 0 spiro atoms. The first kappa shape index (κ1) is 15.9. The summed E-state index contributed by atoms with van der Waals surface area (Å²) >= 11 is 1.57. The minimum absolute atomic E-state index is 0.0689. The van der Waals surface area contributed by atoms with E-state index in [2.05, 4.69) is 5.32 Å². The van der Waals surface area contributed by atoms with Crippen molar-refractivity contribution in [1.29, 1.82) is 0 Å². The van der Waals surface area contributed by atoms with Crippen LogP contribution in [0.15, 0.2) is 52.3 Å². The van der Waals surface area contributed by atoms with Crippen LogP contribution in [0.5, 0.6) is 0 Å². The van der Waals surface area contributed by atoms with Gasteiger partial charge in [-0.2, -0.15) is 0 Å². The summed E-state index contributed by atoms with van der Waals surface area (Å²) in [5, 5.41) is 15.6. The van der Waals surface area contributed by atoms with Gasteiger partial charge in [-0.05, 0) is 36.6 Å². The molecule has 1 aromatic carbocycles. The lowest BCUT2D eigenvalue weighted by atomic mass is 10.1. The predicted molar refractivity (Wildman–Crippen MR) is 91.0 cm³/mol. The molecule has 0 fully saturated rings. The summed E-state index contributed by atoms with van der Waals surface area (Å²) in [6.07, 6.45) is 0. The van der Waals surface area contributed by atoms with E-state index in [1.807, 2.05) is 23.6 Å². The van der Waals surface area contributed by atoms with E-state index in [-0.39, 0.29) is 23.7 Å². The van der Waals surface area contributed by atoms with Crippen molar-refractivity contribution < 1.29 is 14.1 Å². The Morgan fingerprint density at radius 1 is 1.25 bits per heavy atom. The first-order valence-corrected chi connectivity index (χ1v) is 8.09. The Hall–Kier alpha value is -2.93. The first-order valence-electron chi connectivity index (χ1n) is 7.21. The molecule has 0 atom stereocenters. The minimum Gasteiger partial charge on any atom is -0.458 e. The van der Waals surface area contributed by atoms with Gasteiger partial charge in [0, 0.05) is 17.2 Å². The van der Waals surface area contributed by atoms with Crippen molar-refractivity contribution in [3.05, 3.63) is 74.8 Å². The average Bonchev–Trinajstić information content (AvgIpc) is 3.23. The topological polar surface area (TPSA) is 85.4 Å². The van der Waals surface area contributed by atoms with E-state index in [0.29, 0.717) is 11.3 Å². The molecule has 1 N–H and O–H groups in total. The second kappa shape index (κ2) is 6.67. The fourth-order valence-corrected chi connectivity index (χ4v) is 3.04. The highest BCUT2D eigenvalue weighted by Crippen LogP contribution is 2.26. The number of amides is 1. The second-order valence-corrected chi connectivity index (χ2v) is 6.08. The van der Waals surface area contributed by atoms with Crippen LogP contribution in [0, 0.1) is 17.0 Å². The highest BCUT2D eigenvalue weighted by atomic mass is 32.1. The van der Waals surface area contributed by atoms with Crippen molar-refractivity contribution in [3.8, 4) is 10.6 Å². The van der Waals surface area contributed by atoms with Crippen LogP contribution in [0.3, 0.4) is 0 Å². The molecule has 0 aliphatic heterocycles. The van der Waals surface area contributed by atoms with Crippen molar-refractivity contribution in [3.63, 3.8) is 0 Å². The molecule has 0 radical (unpaired) electrons. The molecule has 0 bridgehead atoms. The smallest absolute Gasteiger partial charge is 0.273 e. The summed E-state index contributed by atoms with van der Waals surface area (Å²) in [5.74, 6) is 1.00. The third-order valence-electron chi connectivity index (χ3n) is 3.60. The molecule has 7 heteroatoms. The Bertz CT molecular complexity index is 884. The number of nitro groups is 1. The van der Waals surface area contributed by atoms with E-state index in [1.54, 1.807) is 30.4 Å². The molecule has 122 valence electrons. The maximum Gasteiger partial charge on any atom is 0.273 e. The van der Waals surface area contributed by atoms with Crippen LogP contribution >= 0.6 is 11.3 Å². The van der Waals surface area contributed by atoms with Gasteiger partial charge >= 0.3 is 0 Å². The molecule has 1 amide bonds. The number of nitrogens with zero attached hydrogens (tertiary/aromatic N) is 1. The third-order valence-corrected chi connectivity index (χ3v) is 4.48. The summed E-state index contributed by atoms with van der Waals surface area (Å²) in [5.41, 5.74) is 0.564. The van der Waals surface area contributed by atoms with Crippen LogP contribution in [0.2, 0.25) is 0 Å². The lowest BCUT2D eigenvalue weighted by molar-refractivity contribution is -0.385. The Morgan fingerprint density at radius 2 is 2.08 bits per heavy atom. The maximum atomic E-state index is 12.3. The van der Waals surface area contributed by atoms with E-state index in [4.69, 9.17) is 4.42 Å². The molecule has 3 aromatic rings.